The molecule has 2 rings (SSSR count). The largest absolute Gasteiger partial charge is 0.389 e. The van der Waals surface area contributed by atoms with E-state index in [4.69, 9.17) is 18.0 Å². The third-order valence-corrected chi connectivity index (χ3v) is 2.96. The van der Waals surface area contributed by atoms with Crippen molar-refractivity contribution in [3.8, 4) is 0 Å². The van der Waals surface area contributed by atoms with Crippen LogP contribution in [-0.4, -0.2) is 34.8 Å². The van der Waals surface area contributed by atoms with Gasteiger partial charge in [-0.1, -0.05) is 12.2 Å². The van der Waals surface area contributed by atoms with E-state index in [0.717, 1.165) is 0 Å². The van der Waals surface area contributed by atoms with Crippen LogP contribution in [0.25, 0.3) is 0 Å². The van der Waals surface area contributed by atoms with Gasteiger partial charge in [0.1, 0.15) is 10.8 Å². The first-order valence-corrected chi connectivity index (χ1v) is 6.00. The van der Waals surface area contributed by atoms with E-state index in [0.29, 0.717) is 11.1 Å². The highest BCUT2D eigenvalue weighted by Gasteiger charge is 2.23. The Labute approximate surface area is 114 Å². The van der Waals surface area contributed by atoms with Crippen LogP contribution < -0.4 is 11.1 Å². The summed E-state index contributed by atoms with van der Waals surface area (Å²) in [4.78, 5) is 24.3. The molecule has 0 spiro atoms. The quantitative estimate of drug-likeness (QED) is 0.598. The smallest absolute Gasteiger partial charge is 0.240 e. The molecule has 1 aliphatic heterocycles. The Bertz CT molecular complexity index is 546. The number of benzene rings is 1. The van der Waals surface area contributed by atoms with E-state index in [9.17, 15) is 14.0 Å². The molecule has 1 aromatic carbocycles. The van der Waals surface area contributed by atoms with E-state index >= 15 is 0 Å². The van der Waals surface area contributed by atoms with Crippen LogP contribution in [0.15, 0.2) is 18.2 Å². The third-order valence-electron chi connectivity index (χ3n) is 2.74. The maximum absolute atomic E-state index is 13.3. The molecule has 0 aliphatic carbocycles. The van der Waals surface area contributed by atoms with E-state index in [-0.39, 0.29) is 36.4 Å². The maximum atomic E-state index is 13.3. The second-order valence-electron chi connectivity index (χ2n) is 4.28. The summed E-state index contributed by atoms with van der Waals surface area (Å²) < 4.78 is 13.3. The van der Waals surface area contributed by atoms with Crippen molar-refractivity contribution in [1.82, 2.24) is 10.2 Å². The number of nitrogens with two attached hydrogens (primary N) is 1. The van der Waals surface area contributed by atoms with Crippen LogP contribution in [0.4, 0.5) is 4.39 Å². The fourth-order valence-corrected chi connectivity index (χ4v) is 2.18. The van der Waals surface area contributed by atoms with Crippen molar-refractivity contribution in [1.29, 1.82) is 0 Å². The Morgan fingerprint density at radius 1 is 1.37 bits per heavy atom. The Morgan fingerprint density at radius 3 is 2.58 bits per heavy atom. The van der Waals surface area contributed by atoms with Crippen molar-refractivity contribution in [2.75, 3.05) is 13.1 Å². The second-order valence-corrected chi connectivity index (χ2v) is 4.72. The van der Waals surface area contributed by atoms with Gasteiger partial charge in [0.2, 0.25) is 11.8 Å². The lowest BCUT2D eigenvalue weighted by molar-refractivity contribution is -0.136. The molecule has 7 heteroatoms. The summed E-state index contributed by atoms with van der Waals surface area (Å²) in [6.07, 6.45) is 0. The number of rotatable bonds is 3. The number of hydrogen-bond donors (Lipinski definition) is 2. The number of nitrogens with zero attached hydrogens (tertiary/aromatic N) is 1. The van der Waals surface area contributed by atoms with E-state index in [1.807, 2.05) is 0 Å². The van der Waals surface area contributed by atoms with E-state index < -0.39 is 5.82 Å². The van der Waals surface area contributed by atoms with Crippen LogP contribution >= 0.6 is 12.2 Å². The summed E-state index contributed by atoms with van der Waals surface area (Å²) in [5.74, 6) is -1.16. The first-order chi connectivity index (χ1) is 8.95. The molecule has 2 amide bonds. The summed E-state index contributed by atoms with van der Waals surface area (Å²) in [7, 11) is 0. The van der Waals surface area contributed by atoms with Crippen molar-refractivity contribution in [2.45, 2.75) is 6.54 Å². The first-order valence-electron chi connectivity index (χ1n) is 5.59. The van der Waals surface area contributed by atoms with Gasteiger partial charge in [-0.3, -0.25) is 19.8 Å². The molecule has 1 saturated heterocycles. The molecule has 3 N–H and O–H groups in total. The maximum Gasteiger partial charge on any atom is 0.240 e. The third kappa shape index (κ3) is 3.33. The number of thiocarbonyl (C=S) groups is 1. The minimum atomic E-state index is -0.414. The zero-order valence-corrected chi connectivity index (χ0v) is 10.8. The number of halogens is 1. The van der Waals surface area contributed by atoms with Gasteiger partial charge in [0.05, 0.1) is 13.1 Å². The lowest BCUT2D eigenvalue weighted by Crippen LogP contribution is -2.51. The SMILES string of the molecule is NC(=S)c1ccc(F)cc1CN1CC(=O)NC(=O)C1. The van der Waals surface area contributed by atoms with Gasteiger partial charge in [-0.05, 0) is 23.8 Å². The van der Waals surface area contributed by atoms with Gasteiger partial charge >= 0.3 is 0 Å². The van der Waals surface area contributed by atoms with Crippen LogP contribution in [-0.2, 0) is 16.1 Å². The van der Waals surface area contributed by atoms with Crippen molar-refractivity contribution >= 4 is 29.0 Å². The molecule has 1 aromatic rings. The molecule has 0 aromatic heterocycles. The average Bonchev–Trinajstić information content (AvgIpc) is 2.26. The number of imide groups is 1. The highest BCUT2D eigenvalue weighted by molar-refractivity contribution is 7.80. The topological polar surface area (TPSA) is 75.4 Å². The molecule has 0 unspecified atom stereocenters. The number of carbonyl (C=O) groups excluding carboxylic acids is 2. The zero-order chi connectivity index (χ0) is 14.0. The summed E-state index contributed by atoms with van der Waals surface area (Å²) in [6, 6.07) is 4.08. The van der Waals surface area contributed by atoms with Crippen LogP contribution in [0.2, 0.25) is 0 Å². The molecular formula is C12H12FN3O2S. The number of carbonyl (C=O) groups is 2. The number of nitrogens with one attached hydrogen (secondary N) is 1. The van der Waals surface area contributed by atoms with Crippen molar-refractivity contribution in [3.63, 3.8) is 0 Å². The molecule has 0 atom stereocenters. The summed E-state index contributed by atoms with van der Waals surface area (Å²) in [5.41, 5.74) is 6.68. The molecule has 0 bridgehead atoms. The first kappa shape index (κ1) is 13.6. The fraction of sp³-hybridized carbons (Fsp3) is 0.250. The van der Waals surface area contributed by atoms with Gasteiger partial charge in [-0.15, -0.1) is 0 Å². The second kappa shape index (κ2) is 5.41. The molecule has 0 saturated carbocycles. The summed E-state index contributed by atoms with van der Waals surface area (Å²) in [5, 5.41) is 2.20. The number of piperazine rings is 1. The molecule has 1 fully saturated rings. The Morgan fingerprint density at radius 2 is 2.00 bits per heavy atom. The standard InChI is InChI=1S/C12H12FN3O2S/c13-8-1-2-9(12(14)19)7(3-8)4-16-5-10(17)15-11(18)6-16/h1-3H,4-6H2,(H2,14,19)(H,15,17,18). The highest BCUT2D eigenvalue weighted by atomic mass is 32.1. The molecule has 100 valence electrons. The van der Waals surface area contributed by atoms with Crippen LogP contribution in [0.1, 0.15) is 11.1 Å². The molecule has 1 aliphatic rings. The average molecular weight is 281 g/mol. The molecule has 19 heavy (non-hydrogen) atoms. The van der Waals surface area contributed by atoms with Crippen molar-refractivity contribution < 1.29 is 14.0 Å². The number of amides is 2. The Balaban J connectivity index is 2.22. The molecule has 1 heterocycles. The zero-order valence-electron chi connectivity index (χ0n) is 9.98. The van der Waals surface area contributed by atoms with E-state index in [1.54, 1.807) is 4.90 Å². The lowest BCUT2D eigenvalue weighted by atomic mass is 10.1. The normalized spacial score (nSPS) is 16.3. The molecule has 0 radical (unpaired) electrons. The van der Waals surface area contributed by atoms with Gasteiger partial charge in [0, 0.05) is 12.1 Å². The Hall–Kier alpha value is -1.86. The minimum Gasteiger partial charge on any atom is -0.389 e. The van der Waals surface area contributed by atoms with Crippen molar-refractivity contribution in [2.24, 2.45) is 5.73 Å². The van der Waals surface area contributed by atoms with E-state index in [1.165, 1.54) is 18.2 Å². The fourth-order valence-electron chi connectivity index (χ4n) is 1.98. The van der Waals surface area contributed by atoms with Crippen molar-refractivity contribution in [3.05, 3.63) is 35.1 Å². The monoisotopic (exact) mass is 281 g/mol. The Kier molecular flexibility index (Phi) is 3.87. The lowest BCUT2D eigenvalue weighted by Gasteiger charge is -2.26. The van der Waals surface area contributed by atoms with Crippen LogP contribution in [0.5, 0.6) is 0 Å². The minimum absolute atomic E-state index is 0.0824. The molecular weight excluding hydrogens is 269 g/mol. The predicted molar refractivity (Wildman–Crippen MR) is 70.7 cm³/mol. The van der Waals surface area contributed by atoms with Gasteiger partial charge in [-0.25, -0.2) is 4.39 Å². The van der Waals surface area contributed by atoms with Gasteiger partial charge < -0.3 is 5.73 Å². The van der Waals surface area contributed by atoms with E-state index in [2.05, 4.69) is 5.32 Å². The molecule has 5 nitrogen and oxygen atoms in total. The van der Waals surface area contributed by atoms with Crippen LogP contribution in [0.3, 0.4) is 0 Å². The highest BCUT2D eigenvalue weighted by Crippen LogP contribution is 2.14. The van der Waals surface area contributed by atoms with Gasteiger partial charge in [-0.2, -0.15) is 0 Å². The van der Waals surface area contributed by atoms with Gasteiger partial charge in [0.15, 0.2) is 0 Å². The number of hydrogen-bond acceptors (Lipinski definition) is 4. The predicted octanol–water partition coefficient (Wildman–Crippen LogP) is -0.0817. The van der Waals surface area contributed by atoms with Crippen LogP contribution in [0, 0.1) is 5.82 Å². The summed E-state index contributed by atoms with van der Waals surface area (Å²) in [6.45, 7) is 0.404. The van der Waals surface area contributed by atoms with Gasteiger partial charge in [0.25, 0.3) is 0 Å². The summed E-state index contributed by atoms with van der Waals surface area (Å²) >= 11 is 4.90.